The number of anilines is 1. The Morgan fingerprint density at radius 3 is 2.85 bits per heavy atom. The van der Waals surface area contributed by atoms with Gasteiger partial charge < -0.3 is 20.3 Å². The molecule has 0 fully saturated rings. The Balaban J connectivity index is 0.00000200. The Morgan fingerprint density at radius 2 is 2.15 bits per heavy atom. The molecule has 3 N–H and O–H groups in total. The van der Waals surface area contributed by atoms with Crippen LogP contribution in [0, 0.1) is 0 Å². The molecule has 7 heteroatoms. The lowest BCUT2D eigenvalue weighted by atomic mass is 10.2. The highest BCUT2D eigenvalue weighted by Crippen LogP contribution is 2.26. The quantitative estimate of drug-likeness (QED) is 0.755. The molecular formula is C13H18ClN3O3. The van der Waals surface area contributed by atoms with Gasteiger partial charge in [0.15, 0.2) is 11.5 Å². The molecule has 1 heterocycles. The van der Waals surface area contributed by atoms with E-state index in [1.807, 2.05) is 12.1 Å². The molecule has 0 bridgehead atoms. The monoisotopic (exact) mass is 299 g/mol. The number of benzene rings is 1. The van der Waals surface area contributed by atoms with E-state index < -0.39 is 0 Å². The summed E-state index contributed by atoms with van der Waals surface area (Å²) in [6, 6.07) is 7.02. The van der Waals surface area contributed by atoms with Crippen molar-refractivity contribution in [1.82, 2.24) is 9.78 Å². The van der Waals surface area contributed by atoms with Gasteiger partial charge in [-0.1, -0.05) is 6.07 Å². The summed E-state index contributed by atoms with van der Waals surface area (Å²) < 4.78 is 6.71. The van der Waals surface area contributed by atoms with Crippen LogP contribution in [-0.4, -0.2) is 33.7 Å². The second kappa shape index (κ2) is 7.62. The maximum Gasteiger partial charge on any atom is 0.160 e. The molecule has 0 aliphatic carbocycles. The summed E-state index contributed by atoms with van der Waals surface area (Å²) >= 11 is 0. The molecule has 0 aliphatic rings. The molecule has 0 radical (unpaired) electrons. The highest BCUT2D eigenvalue weighted by molar-refractivity contribution is 5.85. The zero-order valence-electron chi connectivity index (χ0n) is 11.1. The van der Waals surface area contributed by atoms with E-state index in [4.69, 9.17) is 9.84 Å². The van der Waals surface area contributed by atoms with Gasteiger partial charge in [-0.2, -0.15) is 5.10 Å². The van der Waals surface area contributed by atoms with Crippen molar-refractivity contribution in [3.8, 4) is 11.5 Å². The van der Waals surface area contributed by atoms with Gasteiger partial charge in [0, 0.05) is 18.8 Å². The van der Waals surface area contributed by atoms with Crippen molar-refractivity contribution in [3.63, 3.8) is 0 Å². The fourth-order valence-corrected chi connectivity index (χ4v) is 1.71. The first kappa shape index (κ1) is 16.1. The van der Waals surface area contributed by atoms with E-state index in [1.165, 1.54) is 7.11 Å². The lowest BCUT2D eigenvalue weighted by Gasteiger charge is -2.07. The highest BCUT2D eigenvalue weighted by Gasteiger charge is 2.03. The second-order valence-corrected chi connectivity index (χ2v) is 4.05. The Labute approximate surface area is 123 Å². The molecule has 1 aromatic carbocycles. The summed E-state index contributed by atoms with van der Waals surface area (Å²) in [5.74, 6) is 1.31. The topological polar surface area (TPSA) is 79.5 Å². The molecule has 20 heavy (non-hydrogen) atoms. The largest absolute Gasteiger partial charge is 0.504 e. The summed E-state index contributed by atoms with van der Waals surface area (Å²) in [5.41, 5.74) is 0.978. The minimum absolute atomic E-state index is 0. The minimum atomic E-state index is 0. The summed E-state index contributed by atoms with van der Waals surface area (Å²) in [5, 5.41) is 25.7. The minimum Gasteiger partial charge on any atom is -0.504 e. The predicted molar refractivity (Wildman–Crippen MR) is 78.5 cm³/mol. The number of aromatic hydroxyl groups is 1. The molecule has 0 atom stereocenters. The van der Waals surface area contributed by atoms with Gasteiger partial charge in [0.1, 0.15) is 5.82 Å². The third-order valence-corrected chi connectivity index (χ3v) is 2.69. The fraction of sp³-hybridized carbons (Fsp3) is 0.308. The van der Waals surface area contributed by atoms with E-state index in [0.717, 1.165) is 11.4 Å². The van der Waals surface area contributed by atoms with Crippen LogP contribution in [0.5, 0.6) is 11.5 Å². The molecule has 0 saturated carbocycles. The van der Waals surface area contributed by atoms with Gasteiger partial charge in [0.2, 0.25) is 0 Å². The highest BCUT2D eigenvalue weighted by atomic mass is 35.5. The molecule has 2 rings (SSSR count). The molecule has 6 nitrogen and oxygen atoms in total. The Morgan fingerprint density at radius 1 is 1.35 bits per heavy atom. The number of nitrogens with zero attached hydrogens (tertiary/aromatic N) is 2. The van der Waals surface area contributed by atoms with Gasteiger partial charge in [0.05, 0.1) is 20.3 Å². The van der Waals surface area contributed by atoms with E-state index in [9.17, 15) is 5.11 Å². The van der Waals surface area contributed by atoms with Gasteiger partial charge in [-0.3, -0.25) is 4.68 Å². The maximum atomic E-state index is 9.50. The zero-order valence-corrected chi connectivity index (χ0v) is 11.9. The number of ether oxygens (including phenoxy) is 1. The number of aliphatic hydroxyl groups excluding tert-OH is 1. The molecule has 110 valence electrons. The number of methoxy groups -OCH3 is 1. The fourth-order valence-electron chi connectivity index (χ4n) is 1.71. The molecule has 1 aromatic heterocycles. The van der Waals surface area contributed by atoms with E-state index in [0.29, 0.717) is 18.8 Å². The molecule has 0 unspecified atom stereocenters. The number of halogens is 1. The average molecular weight is 300 g/mol. The van der Waals surface area contributed by atoms with Gasteiger partial charge in [-0.05, 0) is 17.7 Å². The number of hydrogen-bond acceptors (Lipinski definition) is 5. The van der Waals surface area contributed by atoms with E-state index >= 15 is 0 Å². The SMILES string of the molecule is COc1cc(CNc2ccn(CCO)n2)ccc1O.Cl. The van der Waals surface area contributed by atoms with E-state index in [-0.39, 0.29) is 24.8 Å². The van der Waals surface area contributed by atoms with Crippen molar-refractivity contribution in [2.75, 3.05) is 19.0 Å². The third-order valence-electron chi connectivity index (χ3n) is 2.69. The van der Waals surface area contributed by atoms with Gasteiger partial charge in [-0.15, -0.1) is 12.4 Å². The van der Waals surface area contributed by atoms with Crippen LogP contribution in [0.1, 0.15) is 5.56 Å². The first-order valence-corrected chi connectivity index (χ1v) is 5.97. The third kappa shape index (κ3) is 4.04. The van der Waals surface area contributed by atoms with Crippen molar-refractivity contribution >= 4 is 18.2 Å². The normalized spacial score (nSPS) is 9.90. The summed E-state index contributed by atoms with van der Waals surface area (Å²) in [4.78, 5) is 0. The van der Waals surface area contributed by atoms with Crippen LogP contribution in [0.25, 0.3) is 0 Å². The van der Waals surface area contributed by atoms with Gasteiger partial charge in [-0.25, -0.2) is 0 Å². The smallest absolute Gasteiger partial charge is 0.160 e. The lowest BCUT2D eigenvalue weighted by molar-refractivity contribution is 0.269. The first-order valence-electron chi connectivity index (χ1n) is 5.97. The number of nitrogens with one attached hydrogen (secondary N) is 1. The molecule has 0 aliphatic heterocycles. The number of hydrogen-bond donors (Lipinski definition) is 3. The van der Waals surface area contributed by atoms with Crippen molar-refractivity contribution in [2.24, 2.45) is 0 Å². The summed E-state index contributed by atoms with van der Waals surface area (Å²) in [6.07, 6.45) is 1.80. The predicted octanol–water partition coefficient (Wildman–Crippen LogP) is 1.62. The number of phenols is 1. The van der Waals surface area contributed by atoms with Crippen LogP contribution in [0.2, 0.25) is 0 Å². The zero-order chi connectivity index (χ0) is 13.7. The van der Waals surface area contributed by atoms with Crippen molar-refractivity contribution in [2.45, 2.75) is 13.1 Å². The Bertz CT molecular complexity index is 545. The maximum absolute atomic E-state index is 9.50. The lowest BCUT2D eigenvalue weighted by Crippen LogP contribution is -2.05. The average Bonchev–Trinajstić information content (AvgIpc) is 2.86. The van der Waals surface area contributed by atoms with Crippen LogP contribution in [0.15, 0.2) is 30.5 Å². The van der Waals surface area contributed by atoms with E-state index in [1.54, 1.807) is 23.0 Å². The van der Waals surface area contributed by atoms with Gasteiger partial charge >= 0.3 is 0 Å². The molecule has 0 saturated heterocycles. The standard InChI is InChI=1S/C13H17N3O3.ClH/c1-19-12-8-10(2-3-11(12)18)9-14-13-4-5-16(15-13)6-7-17;/h2-5,8,17-18H,6-7,9H2,1H3,(H,14,15);1H. The van der Waals surface area contributed by atoms with Crippen LogP contribution < -0.4 is 10.1 Å². The van der Waals surface area contributed by atoms with Gasteiger partial charge in [0.25, 0.3) is 0 Å². The molecule has 2 aromatic rings. The van der Waals surface area contributed by atoms with Crippen LogP contribution in [-0.2, 0) is 13.1 Å². The molecule has 0 spiro atoms. The van der Waals surface area contributed by atoms with Crippen LogP contribution >= 0.6 is 12.4 Å². The number of rotatable bonds is 6. The van der Waals surface area contributed by atoms with Crippen LogP contribution in [0.4, 0.5) is 5.82 Å². The number of aliphatic hydroxyl groups is 1. The first-order chi connectivity index (χ1) is 9.22. The Kier molecular flexibility index (Phi) is 6.14. The van der Waals surface area contributed by atoms with E-state index in [2.05, 4.69) is 10.4 Å². The summed E-state index contributed by atoms with van der Waals surface area (Å²) in [7, 11) is 1.52. The van der Waals surface area contributed by atoms with Crippen molar-refractivity contribution in [1.29, 1.82) is 0 Å². The molecular weight excluding hydrogens is 282 g/mol. The Hall–Kier alpha value is -1.92. The van der Waals surface area contributed by atoms with Crippen molar-refractivity contribution < 1.29 is 14.9 Å². The van der Waals surface area contributed by atoms with Crippen LogP contribution in [0.3, 0.4) is 0 Å². The second-order valence-electron chi connectivity index (χ2n) is 4.05. The van der Waals surface area contributed by atoms with Crippen molar-refractivity contribution in [3.05, 3.63) is 36.0 Å². The number of aromatic nitrogens is 2. The summed E-state index contributed by atoms with van der Waals surface area (Å²) in [6.45, 7) is 1.12. The number of phenolic OH excluding ortho intramolecular Hbond substituents is 1. The molecule has 0 amide bonds.